The van der Waals surface area contributed by atoms with Crippen LogP contribution in [0.25, 0.3) is 11.5 Å². The van der Waals surface area contributed by atoms with Gasteiger partial charge in [-0.2, -0.15) is 0 Å². The highest BCUT2D eigenvalue weighted by atomic mass is 35.5. The number of nitrogens with one attached hydrogen (secondary N) is 2. The number of thioether (sulfide) groups is 1. The van der Waals surface area contributed by atoms with Crippen LogP contribution in [0.2, 0.25) is 5.02 Å². The lowest BCUT2D eigenvalue weighted by atomic mass is 10.2. The minimum Gasteiger partial charge on any atom is -0.411 e. The fourth-order valence-corrected chi connectivity index (χ4v) is 3.16. The van der Waals surface area contributed by atoms with Crippen LogP contribution in [0.4, 0.5) is 11.4 Å². The number of amides is 2. The lowest BCUT2D eigenvalue weighted by Gasteiger charge is -2.10. The molecule has 2 aromatic carbocycles. The van der Waals surface area contributed by atoms with Gasteiger partial charge in [0.15, 0.2) is 0 Å². The molecule has 0 fully saturated rings. The molecular weight excluding hydrogens is 400 g/mol. The van der Waals surface area contributed by atoms with Crippen LogP contribution in [0, 0.1) is 0 Å². The monoisotopic (exact) mass is 416 g/mol. The zero-order chi connectivity index (χ0) is 20.1. The molecule has 0 saturated carbocycles. The summed E-state index contributed by atoms with van der Waals surface area (Å²) >= 11 is 7.13. The number of hydrogen-bond acceptors (Lipinski definition) is 6. The minimum atomic E-state index is -0.456. The van der Waals surface area contributed by atoms with Crippen LogP contribution in [-0.2, 0) is 9.59 Å². The number of carbonyl (C=O) groups excluding carboxylic acids is 2. The first kappa shape index (κ1) is 19.9. The standard InChI is InChI=1S/C19H17ClN4O3S/c1-11(17(26)22-16-8-6-15(7-9-16)21-12(2)25)28-19-24-23-18(27-19)13-4-3-5-14(20)10-13/h3-11H,1-2H3,(H,21,25)(H,22,26)/t11-/m1/s1. The summed E-state index contributed by atoms with van der Waals surface area (Å²) in [4.78, 5) is 23.4. The Morgan fingerprint density at radius 3 is 2.39 bits per heavy atom. The molecule has 0 aliphatic rings. The van der Waals surface area contributed by atoms with Crippen molar-refractivity contribution in [3.8, 4) is 11.5 Å². The van der Waals surface area contributed by atoms with Crippen molar-refractivity contribution in [2.75, 3.05) is 10.6 Å². The number of hydrogen-bond donors (Lipinski definition) is 2. The Labute approximate surface area is 170 Å². The molecule has 1 heterocycles. The molecule has 0 saturated heterocycles. The molecule has 28 heavy (non-hydrogen) atoms. The summed E-state index contributed by atoms with van der Waals surface area (Å²) in [5, 5.41) is 13.9. The predicted molar refractivity (Wildman–Crippen MR) is 109 cm³/mol. The molecule has 2 amide bonds. The van der Waals surface area contributed by atoms with Gasteiger partial charge in [0.05, 0.1) is 5.25 Å². The van der Waals surface area contributed by atoms with E-state index in [0.717, 1.165) is 11.8 Å². The summed E-state index contributed by atoms with van der Waals surface area (Å²) in [5.74, 6) is -0.0236. The lowest BCUT2D eigenvalue weighted by molar-refractivity contribution is -0.115. The minimum absolute atomic E-state index is 0.154. The molecule has 1 aromatic heterocycles. The average Bonchev–Trinajstić information content (AvgIpc) is 3.11. The van der Waals surface area contributed by atoms with E-state index in [0.29, 0.717) is 33.1 Å². The van der Waals surface area contributed by atoms with Crippen molar-refractivity contribution in [3.63, 3.8) is 0 Å². The van der Waals surface area contributed by atoms with Crippen molar-refractivity contribution < 1.29 is 14.0 Å². The number of carbonyl (C=O) groups is 2. The van der Waals surface area contributed by atoms with Crippen LogP contribution in [0.3, 0.4) is 0 Å². The van der Waals surface area contributed by atoms with Crippen molar-refractivity contribution in [1.29, 1.82) is 0 Å². The zero-order valence-corrected chi connectivity index (χ0v) is 16.7. The second-order valence-electron chi connectivity index (χ2n) is 5.89. The van der Waals surface area contributed by atoms with Crippen LogP contribution in [0.15, 0.2) is 58.2 Å². The molecule has 3 aromatic rings. The first-order valence-corrected chi connectivity index (χ1v) is 9.61. The molecule has 0 bridgehead atoms. The Morgan fingerprint density at radius 1 is 1.07 bits per heavy atom. The van der Waals surface area contributed by atoms with Gasteiger partial charge in [-0.25, -0.2) is 0 Å². The Hall–Kier alpha value is -2.84. The van der Waals surface area contributed by atoms with E-state index in [1.807, 2.05) is 6.07 Å². The van der Waals surface area contributed by atoms with Crippen LogP contribution in [-0.4, -0.2) is 27.3 Å². The van der Waals surface area contributed by atoms with Crippen LogP contribution >= 0.6 is 23.4 Å². The van der Waals surface area contributed by atoms with Gasteiger partial charge in [-0.3, -0.25) is 9.59 Å². The molecule has 144 valence electrons. The number of halogens is 1. The van der Waals surface area contributed by atoms with Gasteiger partial charge < -0.3 is 15.1 Å². The fraction of sp³-hybridized carbons (Fsp3) is 0.158. The molecule has 3 rings (SSSR count). The molecule has 0 aliphatic heterocycles. The summed E-state index contributed by atoms with van der Waals surface area (Å²) < 4.78 is 5.61. The first-order chi connectivity index (χ1) is 13.4. The average molecular weight is 417 g/mol. The van der Waals surface area contributed by atoms with Crippen molar-refractivity contribution in [3.05, 3.63) is 53.6 Å². The third kappa shape index (κ3) is 5.34. The maximum atomic E-state index is 12.4. The van der Waals surface area contributed by atoms with Crippen LogP contribution < -0.4 is 10.6 Å². The van der Waals surface area contributed by atoms with E-state index in [1.54, 1.807) is 49.4 Å². The van der Waals surface area contributed by atoms with E-state index in [9.17, 15) is 9.59 Å². The third-order valence-electron chi connectivity index (χ3n) is 3.60. The Morgan fingerprint density at radius 2 is 1.75 bits per heavy atom. The molecule has 9 heteroatoms. The molecule has 0 spiro atoms. The summed E-state index contributed by atoms with van der Waals surface area (Å²) in [6, 6.07) is 13.9. The number of rotatable bonds is 6. The maximum Gasteiger partial charge on any atom is 0.277 e. The SMILES string of the molecule is CC(=O)Nc1ccc(NC(=O)[C@@H](C)Sc2nnc(-c3cccc(Cl)c3)o2)cc1. The van der Waals surface area contributed by atoms with E-state index >= 15 is 0 Å². The second kappa shape index (κ2) is 8.90. The Balaban J connectivity index is 1.59. The van der Waals surface area contributed by atoms with Crippen molar-refractivity contribution in [1.82, 2.24) is 10.2 Å². The van der Waals surface area contributed by atoms with E-state index in [4.69, 9.17) is 16.0 Å². The quantitative estimate of drug-likeness (QED) is 0.575. The molecule has 7 nitrogen and oxygen atoms in total. The predicted octanol–water partition coefficient (Wildman–Crippen LogP) is 4.47. The van der Waals surface area contributed by atoms with E-state index in [1.165, 1.54) is 6.92 Å². The Kier molecular flexibility index (Phi) is 6.33. The maximum absolute atomic E-state index is 12.4. The molecule has 0 aliphatic carbocycles. The number of aromatic nitrogens is 2. The smallest absolute Gasteiger partial charge is 0.277 e. The van der Waals surface area contributed by atoms with Gasteiger partial charge >= 0.3 is 0 Å². The van der Waals surface area contributed by atoms with Crippen molar-refractivity contribution >= 4 is 46.6 Å². The summed E-state index contributed by atoms with van der Waals surface area (Å²) in [7, 11) is 0. The van der Waals surface area contributed by atoms with Gasteiger partial charge in [-0.05, 0) is 49.4 Å². The highest BCUT2D eigenvalue weighted by molar-refractivity contribution is 8.00. The molecule has 2 N–H and O–H groups in total. The van der Waals surface area contributed by atoms with E-state index in [2.05, 4.69) is 20.8 Å². The Bertz CT molecular complexity index is 991. The topological polar surface area (TPSA) is 97.1 Å². The summed E-state index contributed by atoms with van der Waals surface area (Å²) in [5.41, 5.74) is 1.99. The van der Waals surface area contributed by atoms with Gasteiger partial charge in [-0.1, -0.05) is 29.4 Å². The summed E-state index contributed by atoms with van der Waals surface area (Å²) in [6.45, 7) is 3.18. The van der Waals surface area contributed by atoms with Gasteiger partial charge in [-0.15, -0.1) is 10.2 Å². The van der Waals surface area contributed by atoms with Gasteiger partial charge in [0.2, 0.25) is 17.7 Å². The van der Waals surface area contributed by atoms with Crippen LogP contribution in [0.1, 0.15) is 13.8 Å². The van der Waals surface area contributed by atoms with Gasteiger partial charge in [0, 0.05) is 28.9 Å². The second-order valence-corrected chi connectivity index (χ2v) is 7.62. The fourth-order valence-electron chi connectivity index (χ4n) is 2.28. The highest BCUT2D eigenvalue weighted by Crippen LogP contribution is 2.28. The highest BCUT2D eigenvalue weighted by Gasteiger charge is 2.19. The van der Waals surface area contributed by atoms with E-state index in [-0.39, 0.29) is 11.8 Å². The van der Waals surface area contributed by atoms with Crippen molar-refractivity contribution in [2.24, 2.45) is 0 Å². The zero-order valence-electron chi connectivity index (χ0n) is 15.1. The molecule has 0 unspecified atom stereocenters. The number of anilines is 2. The number of benzene rings is 2. The molecular formula is C19H17ClN4O3S. The summed E-state index contributed by atoms with van der Waals surface area (Å²) in [6.07, 6.45) is 0. The molecule has 1 atom stereocenters. The molecule has 0 radical (unpaired) electrons. The normalized spacial score (nSPS) is 11.7. The lowest BCUT2D eigenvalue weighted by Crippen LogP contribution is -2.22. The van der Waals surface area contributed by atoms with E-state index < -0.39 is 5.25 Å². The number of nitrogens with zero attached hydrogens (tertiary/aromatic N) is 2. The van der Waals surface area contributed by atoms with Gasteiger partial charge in [0.25, 0.3) is 5.22 Å². The third-order valence-corrected chi connectivity index (χ3v) is 4.77. The largest absolute Gasteiger partial charge is 0.411 e. The van der Waals surface area contributed by atoms with Gasteiger partial charge in [0.1, 0.15) is 0 Å². The van der Waals surface area contributed by atoms with Crippen LogP contribution in [0.5, 0.6) is 0 Å². The van der Waals surface area contributed by atoms with Crippen molar-refractivity contribution in [2.45, 2.75) is 24.3 Å². The first-order valence-electron chi connectivity index (χ1n) is 8.35.